The van der Waals surface area contributed by atoms with E-state index in [2.05, 4.69) is 19.7 Å². The topological polar surface area (TPSA) is 91.3 Å². The van der Waals surface area contributed by atoms with Crippen LogP contribution in [-0.2, 0) is 22.7 Å². The van der Waals surface area contributed by atoms with E-state index < -0.39 is 26.7 Å². The maximum atomic E-state index is 12.9. The van der Waals surface area contributed by atoms with Gasteiger partial charge in [0.1, 0.15) is 0 Å². The van der Waals surface area contributed by atoms with E-state index in [4.69, 9.17) is 0 Å². The minimum atomic E-state index is -4.63. The molecule has 0 aliphatic carbocycles. The summed E-state index contributed by atoms with van der Waals surface area (Å²) in [5.41, 5.74) is -1.04. The van der Waals surface area contributed by atoms with Gasteiger partial charge in [0.25, 0.3) is 0 Å². The summed E-state index contributed by atoms with van der Waals surface area (Å²) in [6, 6.07) is 3.56. The third-order valence-corrected chi connectivity index (χ3v) is 5.74. The largest absolute Gasteiger partial charge is 0.416 e. The normalized spacial score (nSPS) is 15.0. The van der Waals surface area contributed by atoms with Gasteiger partial charge in [0, 0.05) is 27.2 Å². The molecular weight excluding hydrogens is 409 g/mol. The number of rotatable bonds is 6. The van der Waals surface area contributed by atoms with Crippen LogP contribution in [-0.4, -0.2) is 50.6 Å². The number of benzene rings is 1. The van der Waals surface area contributed by atoms with Crippen LogP contribution in [0.3, 0.4) is 0 Å². The molecule has 3 rings (SSSR count). The summed E-state index contributed by atoms with van der Waals surface area (Å²) in [4.78, 5) is 16.1. The second-order valence-electron chi connectivity index (χ2n) is 6.79. The van der Waals surface area contributed by atoms with Crippen LogP contribution in [0, 0.1) is 0 Å². The number of nitrogens with one attached hydrogen (secondary N) is 1. The van der Waals surface area contributed by atoms with Gasteiger partial charge in [-0.15, -0.1) is 0 Å². The molecule has 0 unspecified atom stereocenters. The monoisotopic (exact) mass is 430 g/mol. The third kappa shape index (κ3) is 5.12. The predicted molar refractivity (Wildman–Crippen MR) is 101 cm³/mol. The third-order valence-electron chi connectivity index (χ3n) is 4.34. The fourth-order valence-corrected chi connectivity index (χ4v) is 3.84. The van der Waals surface area contributed by atoms with E-state index in [1.54, 1.807) is 19.0 Å². The SMILES string of the molecule is CN(C)c1nc(CNS(=O)(=O)c2cccc(C(F)(F)F)c2)nc(N2CCCC2)n1. The van der Waals surface area contributed by atoms with Crippen LogP contribution in [0.15, 0.2) is 29.2 Å². The Balaban J connectivity index is 1.83. The average molecular weight is 430 g/mol. The highest BCUT2D eigenvalue weighted by Gasteiger charge is 2.31. The second-order valence-corrected chi connectivity index (χ2v) is 8.56. The van der Waals surface area contributed by atoms with Crippen LogP contribution in [0.1, 0.15) is 24.2 Å². The van der Waals surface area contributed by atoms with E-state index >= 15 is 0 Å². The van der Waals surface area contributed by atoms with Crippen LogP contribution in [0.25, 0.3) is 0 Å². The Bertz CT molecular complexity index is 975. The molecule has 12 heteroatoms. The molecule has 0 bridgehead atoms. The first-order valence-electron chi connectivity index (χ1n) is 8.90. The van der Waals surface area contributed by atoms with Crippen molar-refractivity contribution in [2.45, 2.75) is 30.5 Å². The van der Waals surface area contributed by atoms with Gasteiger partial charge in [-0.25, -0.2) is 13.1 Å². The van der Waals surface area contributed by atoms with Crippen molar-refractivity contribution in [1.82, 2.24) is 19.7 Å². The smallest absolute Gasteiger partial charge is 0.347 e. The van der Waals surface area contributed by atoms with Crippen LogP contribution >= 0.6 is 0 Å². The van der Waals surface area contributed by atoms with E-state index in [0.29, 0.717) is 18.0 Å². The Kier molecular flexibility index (Phi) is 5.94. The first kappa shape index (κ1) is 21.2. The molecule has 0 spiro atoms. The minimum Gasteiger partial charge on any atom is -0.347 e. The van der Waals surface area contributed by atoms with Gasteiger partial charge in [0.05, 0.1) is 17.0 Å². The first-order chi connectivity index (χ1) is 13.6. The van der Waals surface area contributed by atoms with Crippen molar-refractivity contribution in [2.75, 3.05) is 37.0 Å². The molecule has 1 aromatic carbocycles. The van der Waals surface area contributed by atoms with Crippen LogP contribution in [0.2, 0.25) is 0 Å². The molecule has 158 valence electrons. The van der Waals surface area contributed by atoms with Crippen LogP contribution < -0.4 is 14.5 Å². The second kappa shape index (κ2) is 8.11. The Labute approximate surface area is 166 Å². The number of anilines is 2. The molecular formula is C17H21F3N6O2S. The fourth-order valence-electron chi connectivity index (χ4n) is 2.82. The number of sulfonamides is 1. The molecule has 1 aliphatic rings. The van der Waals surface area contributed by atoms with E-state index in [1.807, 2.05) is 4.90 Å². The van der Waals surface area contributed by atoms with Crippen LogP contribution in [0.5, 0.6) is 0 Å². The summed E-state index contributed by atoms with van der Waals surface area (Å²) >= 11 is 0. The molecule has 1 aromatic heterocycles. The Morgan fingerprint density at radius 3 is 2.45 bits per heavy atom. The van der Waals surface area contributed by atoms with Gasteiger partial charge in [-0.1, -0.05) is 6.07 Å². The number of alkyl halides is 3. The number of nitrogens with zero attached hydrogens (tertiary/aromatic N) is 5. The maximum Gasteiger partial charge on any atom is 0.416 e. The van der Waals surface area contributed by atoms with Gasteiger partial charge < -0.3 is 9.80 Å². The molecule has 1 fully saturated rings. The molecule has 1 saturated heterocycles. The van der Waals surface area contributed by atoms with E-state index in [0.717, 1.165) is 44.1 Å². The van der Waals surface area contributed by atoms with Gasteiger partial charge in [-0.2, -0.15) is 28.1 Å². The summed E-state index contributed by atoms with van der Waals surface area (Å²) in [6.45, 7) is 1.32. The summed E-state index contributed by atoms with van der Waals surface area (Å²) in [5.74, 6) is 1.01. The lowest BCUT2D eigenvalue weighted by molar-refractivity contribution is -0.137. The molecule has 0 saturated carbocycles. The van der Waals surface area contributed by atoms with Gasteiger partial charge in [0.15, 0.2) is 5.82 Å². The molecule has 29 heavy (non-hydrogen) atoms. The highest BCUT2D eigenvalue weighted by atomic mass is 32.2. The van der Waals surface area contributed by atoms with Crippen molar-refractivity contribution in [1.29, 1.82) is 0 Å². The quantitative estimate of drug-likeness (QED) is 0.750. The van der Waals surface area contributed by atoms with E-state index in [1.165, 1.54) is 0 Å². The van der Waals surface area contributed by atoms with Gasteiger partial charge in [-0.05, 0) is 31.0 Å². The number of halogens is 3. The van der Waals surface area contributed by atoms with Crippen molar-refractivity contribution in [3.8, 4) is 0 Å². The highest BCUT2D eigenvalue weighted by molar-refractivity contribution is 7.89. The van der Waals surface area contributed by atoms with Crippen molar-refractivity contribution in [3.05, 3.63) is 35.7 Å². The zero-order chi connectivity index (χ0) is 21.2. The van der Waals surface area contributed by atoms with E-state index in [9.17, 15) is 21.6 Å². The maximum absolute atomic E-state index is 12.9. The van der Waals surface area contributed by atoms with Crippen LogP contribution in [0.4, 0.5) is 25.1 Å². The summed E-state index contributed by atoms with van der Waals surface area (Å²) in [7, 11) is -0.684. The Morgan fingerprint density at radius 2 is 1.83 bits per heavy atom. The Morgan fingerprint density at radius 1 is 1.14 bits per heavy atom. The van der Waals surface area contributed by atoms with Crippen molar-refractivity contribution in [3.63, 3.8) is 0 Å². The molecule has 1 N–H and O–H groups in total. The van der Waals surface area contributed by atoms with Gasteiger partial charge in [-0.3, -0.25) is 0 Å². The number of hydrogen-bond donors (Lipinski definition) is 1. The molecule has 0 amide bonds. The average Bonchev–Trinajstić information content (AvgIpc) is 3.20. The lowest BCUT2D eigenvalue weighted by Crippen LogP contribution is -2.28. The van der Waals surface area contributed by atoms with Crippen molar-refractivity contribution in [2.24, 2.45) is 0 Å². The molecule has 2 aromatic rings. The Hall–Kier alpha value is -2.47. The van der Waals surface area contributed by atoms with E-state index in [-0.39, 0.29) is 12.4 Å². The standard InChI is InChI=1S/C17H21F3N6O2S/c1-25(2)15-22-14(23-16(24-15)26-8-3-4-9-26)11-21-29(27,28)13-7-5-6-12(10-13)17(18,19)20/h5-7,10,21H,3-4,8-9,11H2,1-2H3. The highest BCUT2D eigenvalue weighted by Crippen LogP contribution is 2.30. The summed E-state index contributed by atoms with van der Waals surface area (Å²) < 4.78 is 65.8. The molecule has 1 aliphatic heterocycles. The zero-order valence-electron chi connectivity index (χ0n) is 15.9. The molecule has 2 heterocycles. The molecule has 0 atom stereocenters. The lowest BCUT2D eigenvalue weighted by atomic mass is 10.2. The fraction of sp³-hybridized carbons (Fsp3) is 0.471. The molecule has 8 nitrogen and oxygen atoms in total. The van der Waals surface area contributed by atoms with Crippen molar-refractivity contribution < 1.29 is 21.6 Å². The lowest BCUT2D eigenvalue weighted by Gasteiger charge is -2.19. The number of hydrogen-bond acceptors (Lipinski definition) is 7. The molecule has 0 radical (unpaired) electrons. The van der Waals surface area contributed by atoms with Gasteiger partial charge >= 0.3 is 6.18 Å². The summed E-state index contributed by atoms with van der Waals surface area (Å²) in [5, 5.41) is 0. The zero-order valence-corrected chi connectivity index (χ0v) is 16.8. The summed E-state index contributed by atoms with van der Waals surface area (Å²) in [6.07, 6.45) is -2.61. The predicted octanol–water partition coefficient (Wildman–Crippen LogP) is 2.04. The van der Waals surface area contributed by atoms with Crippen molar-refractivity contribution >= 4 is 21.9 Å². The first-order valence-corrected chi connectivity index (χ1v) is 10.4. The van der Waals surface area contributed by atoms with Gasteiger partial charge in [0.2, 0.25) is 21.9 Å². The minimum absolute atomic E-state index is 0.182. The number of aromatic nitrogens is 3.